The zero-order valence-electron chi connectivity index (χ0n) is 18.9. The van der Waals surface area contributed by atoms with Gasteiger partial charge in [-0.15, -0.1) is 0 Å². The fourth-order valence-corrected chi connectivity index (χ4v) is 7.06. The molecule has 3 aliphatic carbocycles. The summed E-state index contributed by atoms with van der Waals surface area (Å²) in [4.78, 5) is 13.1. The van der Waals surface area contributed by atoms with E-state index in [-0.39, 0.29) is 33.7 Å². The fourth-order valence-electron chi connectivity index (χ4n) is 5.70. The standard InChI is InChI=1S/C24H40O2Si/c1-16-14-20(25)23(6,7)19-15-18(16)24(13-11-10-12-17(24)2)21(19)26-27(8,9)22(3,4)5/h14,18-19,21H,2,10-13,15H2,1,3-9H3/t18-,19+,21-,24+/m1/s1. The molecule has 2 fully saturated rings. The maximum atomic E-state index is 13.1. The van der Waals surface area contributed by atoms with Crippen LogP contribution in [0.5, 0.6) is 0 Å². The van der Waals surface area contributed by atoms with Crippen molar-refractivity contribution >= 4 is 14.1 Å². The van der Waals surface area contributed by atoms with Gasteiger partial charge < -0.3 is 4.43 Å². The van der Waals surface area contributed by atoms with Crippen molar-refractivity contribution in [1.29, 1.82) is 0 Å². The van der Waals surface area contributed by atoms with Crippen LogP contribution in [0.3, 0.4) is 0 Å². The van der Waals surface area contributed by atoms with Crippen LogP contribution in [0, 0.1) is 22.7 Å². The van der Waals surface area contributed by atoms with Crippen LogP contribution in [0.25, 0.3) is 0 Å². The molecule has 0 aromatic heterocycles. The highest BCUT2D eigenvalue weighted by atomic mass is 28.4. The molecule has 0 aliphatic heterocycles. The molecule has 0 aromatic rings. The number of allylic oxidation sites excluding steroid dienone is 2. The fraction of sp³-hybridized carbons (Fsp3) is 0.792. The van der Waals surface area contributed by atoms with Crippen molar-refractivity contribution in [2.24, 2.45) is 22.7 Å². The Morgan fingerprint density at radius 1 is 1.22 bits per heavy atom. The minimum absolute atomic E-state index is 0.0248. The monoisotopic (exact) mass is 388 g/mol. The normalized spacial score (nSPS) is 36.7. The van der Waals surface area contributed by atoms with Crippen molar-refractivity contribution in [2.45, 2.75) is 97.9 Å². The lowest BCUT2D eigenvalue weighted by atomic mass is 9.60. The first kappa shape index (κ1) is 21.0. The first-order chi connectivity index (χ1) is 12.2. The molecule has 0 radical (unpaired) electrons. The second kappa shape index (κ2) is 6.42. The number of fused-ring (bicyclic) bond motifs is 3. The predicted octanol–water partition coefficient (Wildman–Crippen LogP) is 6.68. The zero-order chi connectivity index (χ0) is 20.4. The Morgan fingerprint density at radius 2 is 1.85 bits per heavy atom. The molecular formula is C24H40O2Si. The third-order valence-corrected chi connectivity index (χ3v) is 13.1. The van der Waals surface area contributed by atoms with E-state index in [2.05, 4.69) is 61.2 Å². The van der Waals surface area contributed by atoms with E-state index in [1.165, 1.54) is 30.4 Å². The summed E-state index contributed by atoms with van der Waals surface area (Å²) < 4.78 is 7.23. The lowest BCUT2D eigenvalue weighted by Crippen LogP contribution is -2.54. The van der Waals surface area contributed by atoms with Gasteiger partial charge in [-0.1, -0.05) is 58.8 Å². The average Bonchev–Trinajstić information content (AvgIpc) is 2.80. The van der Waals surface area contributed by atoms with E-state index in [0.717, 1.165) is 12.8 Å². The number of carbonyl (C=O) groups is 1. The van der Waals surface area contributed by atoms with Crippen LogP contribution in [0.4, 0.5) is 0 Å². The molecule has 3 aliphatic rings. The Labute approximate surface area is 168 Å². The lowest BCUT2D eigenvalue weighted by molar-refractivity contribution is -0.128. The molecule has 0 heterocycles. The summed E-state index contributed by atoms with van der Waals surface area (Å²) in [5, 5.41) is 0.163. The van der Waals surface area contributed by atoms with E-state index in [1.54, 1.807) is 0 Å². The second-order valence-corrected chi connectivity index (χ2v) is 16.3. The topological polar surface area (TPSA) is 26.3 Å². The number of carbonyl (C=O) groups excluding carboxylic acids is 1. The maximum Gasteiger partial charge on any atom is 0.192 e. The number of rotatable bonds is 2. The highest BCUT2D eigenvalue weighted by Crippen LogP contribution is 2.65. The molecule has 3 rings (SSSR count). The van der Waals surface area contributed by atoms with Crippen LogP contribution in [-0.2, 0) is 9.22 Å². The van der Waals surface area contributed by atoms with Crippen LogP contribution in [0.2, 0.25) is 18.1 Å². The molecule has 27 heavy (non-hydrogen) atoms. The van der Waals surface area contributed by atoms with E-state index >= 15 is 0 Å². The molecule has 152 valence electrons. The van der Waals surface area contributed by atoms with E-state index in [4.69, 9.17) is 4.43 Å². The van der Waals surface area contributed by atoms with Gasteiger partial charge in [-0.3, -0.25) is 4.79 Å². The Balaban J connectivity index is 2.16. The van der Waals surface area contributed by atoms with Gasteiger partial charge in [0.05, 0.1) is 6.10 Å². The first-order valence-corrected chi connectivity index (χ1v) is 13.7. The first-order valence-electron chi connectivity index (χ1n) is 10.8. The molecule has 1 spiro atoms. The Morgan fingerprint density at radius 3 is 2.41 bits per heavy atom. The van der Waals surface area contributed by atoms with Crippen LogP contribution in [0.15, 0.2) is 23.8 Å². The van der Waals surface area contributed by atoms with Gasteiger partial charge in [0.2, 0.25) is 0 Å². The number of hydrogen-bond donors (Lipinski definition) is 0. The van der Waals surface area contributed by atoms with Crippen LogP contribution in [-0.4, -0.2) is 20.2 Å². The van der Waals surface area contributed by atoms with Crippen molar-refractivity contribution in [3.05, 3.63) is 23.8 Å². The van der Waals surface area contributed by atoms with Gasteiger partial charge in [-0.25, -0.2) is 0 Å². The summed E-state index contributed by atoms with van der Waals surface area (Å²) in [5.41, 5.74) is 2.31. The molecular weight excluding hydrogens is 348 g/mol. The second-order valence-electron chi connectivity index (χ2n) is 11.5. The van der Waals surface area contributed by atoms with Crippen molar-refractivity contribution in [3.63, 3.8) is 0 Å². The van der Waals surface area contributed by atoms with Crippen LogP contribution >= 0.6 is 0 Å². The summed E-state index contributed by atoms with van der Waals surface area (Å²) >= 11 is 0. The van der Waals surface area contributed by atoms with E-state index in [9.17, 15) is 4.79 Å². The average molecular weight is 389 g/mol. The molecule has 2 saturated carbocycles. The maximum absolute atomic E-state index is 13.1. The summed E-state index contributed by atoms with van der Waals surface area (Å²) in [5.74, 6) is 0.969. The smallest absolute Gasteiger partial charge is 0.192 e. The van der Waals surface area contributed by atoms with Gasteiger partial charge in [0, 0.05) is 10.8 Å². The summed E-state index contributed by atoms with van der Waals surface area (Å²) in [6.07, 6.45) is 7.93. The molecule has 0 aromatic carbocycles. The Bertz CT molecular complexity index is 679. The lowest BCUT2D eigenvalue weighted by Gasteiger charge is -2.52. The van der Waals surface area contributed by atoms with Gasteiger partial charge in [-0.2, -0.15) is 0 Å². The van der Waals surface area contributed by atoms with Gasteiger partial charge in [0.15, 0.2) is 14.1 Å². The highest BCUT2D eigenvalue weighted by molar-refractivity contribution is 6.74. The molecule has 0 N–H and O–H groups in total. The Hall–Kier alpha value is -0.673. The van der Waals surface area contributed by atoms with Gasteiger partial charge in [-0.05, 0) is 68.7 Å². The largest absolute Gasteiger partial charge is 0.413 e. The van der Waals surface area contributed by atoms with Gasteiger partial charge in [0.1, 0.15) is 0 Å². The summed E-state index contributed by atoms with van der Waals surface area (Å²) in [7, 11) is -1.96. The van der Waals surface area contributed by atoms with Crippen molar-refractivity contribution < 1.29 is 9.22 Å². The van der Waals surface area contributed by atoms with E-state index in [1.807, 2.05) is 6.08 Å². The van der Waals surface area contributed by atoms with E-state index < -0.39 is 8.32 Å². The van der Waals surface area contributed by atoms with Gasteiger partial charge >= 0.3 is 0 Å². The third kappa shape index (κ3) is 3.04. The summed E-state index contributed by atoms with van der Waals surface area (Å²) in [6.45, 7) is 22.8. The highest BCUT2D eigenvalue weighted by Gasteiger charge is 2.64. The minimum atomic E-state index is -1.96. The van der Waals surface area contributed by atoms with Crippen LogP contribution in [0.1, 0.15) is 73.6 Å². The van der Waals surface area contributed by atoms with Crippen molar-refractivity contribution in [1.82, 2.24) is 0 Å². The number of ketones is 1. The molecule has 3 heteroatoms. The molecule has 2 nitrogen and oxygen atoms in total. The molecule has 0 unspecified atom stereocenters. The third-order valence-electron chi connectivity index (χ3n) is 8.66. The van der Waals surface area contributed by atoms with Crippen LogP contribution < -0.4 is 0 Å². The minimum Gasteiger partial charge on any atom is -0.413 e. The van der Waals surface area contributed by atoms with Gasteiger partial charge in [0.25, 0.3) is 0 Å². The zero-order valence-corrected chi connectivity index (χ0v) is 19.9. The van der Waals surface area contributed by atoms with Crippen molar-refractivity contribution in [2.75, 3.05) is 0 Å². The molecule has 2 bridgehead atoms. The summed E-state index contributed by atoms with van der Waals surface area (Å²) in [6, 6.07) is 0. The predicted molar refractivity (Wildman–Crippen MR) is 116 cm³/mol. The Kier molecular flexibility index (Phi) is 5.00. The number of hydrogen-bond acceptors (Lipinski definition) is 2. The quantitative estimate of drug-likeness (QED) is 0.389. The molecule has 0 saturated heterocycles. The van der Waals surface area contributed by atoms with E-state index in [0.29, 0.717) is 5.92 Å². The molecule has 4 atom stereocenters. The molecule has 0 amide bonds. The SMILES string of the molecule is C=C1CCCC[C@@]12[C@@H]1C[C@@H]([C@H]2O[Si](C)(C)C(C)(C)C)C(C)(C)C(=O)C=C1C. The van der Waals surface area contributed by atoms with Crippen molar-refractivity contribution in [3.8, 4) is 0 Å².